The van der Waals surface area contributed by atoms with Crippen molar-refractivity contribution in [1.82, 2.24) is 4.90 Å². The molecule has 2 fully saturated rings. The normalized spacial score (nSPS) is 37.7. The highest BCUT2D eigenvalue weighted by atomic mass is 32.2. The predicted molar refractivity (Wildman–Crippen MR) is 86.7 cm³/mol. The molecule has 19 heavy (non-hydrogen) atoms. The lowest BCUT2D eigenvalue weighted by atomic mass is 9.72. The van der Waals surface area contributed by atoms with Crippen LogP contribution >= 0.6 is 11.8 Å². The van der Waals surface area contributed by atoms with Crippen LogP contribution < -0.4 is 5.73 Å². The fraction of sp³-hybridized carbons (Fsp3) is 1.00. The first-order valence-corrected chi connectivity index (χ1v) is 9.17. The summed E-state index contributed by atoms with van der Waals surface area (Å²) in [6, 6.07) is 0. The first-order valence-electron chi connectivity index (χ1n) is 8.12. The lowest BCUT2D eigenvalue weighted by molar-refractivity contribution is 0.0346. The van der Waals surface area contributed by atoms with E-state index in [1.165, 1.54) is 50.9 Å². The van der Waals surface area contributed by atoms with E-state index in [-0.39, 0.29) is 0 Å². The maximum absolute atomic E-state index is 6.26. The fourth-order valence-corrected chi connectivity index (χ4v) is 5.19. The van der Waals surface area contributed by atoms with E-state index in [0.29, 0.717) is 5.54 Å². The Kier molecular flexibility index (Phi) is 5.62. The molecule has 1 aliphatic heterocycles. The summed E-state index contributed by atoms with van der Waals surface area (Å²) in [5, 5.41) is 0.780. The van der Waals surface area contributed by atoms with Crippen LogP contribution in [0.1, 0.15) is 52.9 Å². The van der Waals surface area contributed by atoms with E-state index in [2.05, 4.69) is 37.4 Å². The highest BCUT2D eigenvalue weighted by Crippen LogP contribution is 2.40. The summed E-state index contributed by atoms with van der Waals surface area (Å²) < 4.78 is 0. The van der Waals surface area contributed by atoms with E-state index in [1.54, 1.807) is 0 Å². The highest BCUT2D eigenvalue weighted by molar-refractivity contribution is 7.99. The molecule has 3 unspecified atom stereocenters. The SMILES string of the molecule is CC(C)CC1CCCC(CN)(N2CCSC(C)C2)C1. The van der Waals surface area contributed by atoms with Crippen LogP contribution in [0.15, 0.2) is 0 Å². The molecular weight excluding hydrogens is 252 g/mol. The molecule has 1 heterocycles. The Morgan fingerprint density at radius 3 is 2.84 bits per heavy atom. The minimum atomic E-state index is 0.326. The molecule has 0 radical (unpaired) electrons. The van der Waals surface area contributed by atoms with Gasteiger partial charge >= 0.3 is 0 Å². The molecular formula is C16H32N2S. The largest absolute Gasteiger partial charge is 0.329 e. The number of nitrogens with two attached hydrogens (primary N) is 1. The van der Waals surface area contributed by atoms with E-state index >= 15 is 0 Å². The zero-order chi connectivity index (χ0) is 13.9. The van der Waals surface area contributed by atoms with Gasteiger partial charge in [-0.2, -0.15) is 11.8 Å². The summed E-state index contributed by atoms with van der Waals surface area (Å²) in [5.74, 6) is 3.02. The molecule has 1 saturated carbocycles. The molecule has 0 amide bonds. The van der Waals surface area contributed by atoms with Gasteiger partial charge in [-0.15, -0.1) is 0 Å². The van der Waals surface area contributed by atoms with Gasteiger partial charge in [-0.25, -0.2) is 0 Å². The van der Waals surface area contributed by atoms with E-state index < -0.39 is 0 Å². The van der Waals surface area contributed by atoms with Crippen LogP contribution in [-0.2, 0) is 0 Å². The van der Waals surface area contributed by atoms with E-state index in [0.717, 1.165) is 23.6 Å². The average Bonchev–Trinajstić information content (AvgIpc) is 2.38. The summed E-state index contributed by atoms with van der Waals surface area (Å²) in [5.41, 5.74) is 6.59. The minimum absolute atomic E-state index is 0.326. The molecule has 0 aromatic carbocycles. The van der Waals surface area contributed by atoms with Crippen molar-refractivity contribution >= 4 is 11.8 Å². The van der Waals surface area contributed by atoms with Crippen molar-refractivity contribution in [3.63, 3.8) is 0 Å². The van der Waals surface area contributed by atoms with Crippen LogP contribution in [-0.4, -0.2) is 41.1 Å². The van der Waals surface area contributed by atoms with Crippen molar-refractivity contribution in [2.75, 3.05) is 25.4 Å². The number of hydrogen-bond acceptors (Lipinski definition) is 3. The van der Waals surface area contributed by atoms with Gasteiger partial charge in [-0.3, -0.25) is 4.90 Å². The maximum atomic E-state index is 6.26. The number of rotatable bonds is 4. The topological polar surface area (TPSA) is 29.3 Å². The van der Waals surface area contributed by atoms with Crippen LogP contribution in [0.4, 0.5) is 0 Å². The van der Waals surface area contributed by atoms with Gasteiger partial charge in [0.1, 0.15) is 0 Å². The molecule has 2 rings (SSSR count). The summed E-state index contributed by atoms with van der Waals surface area (Å²) in [6.07, 6.45) is 6.87. The first kappa shape index (κ1) is 15.7. The third-order valence-corrected chi connectivity index (χ3v) is 6.16. The Morgan fingerprint density at radius 1 is 1.42 bits per heavy atom. The van der Waals surface area contributed by atoms with Crippen molar-refractivity contribution in [1.29, 1.82) is 0 Å². The number of hydrogen-bond donors (Lipinski definition) is 1. The van der Waals surface area contributed by atoms with Gasteiger partial charge < -0.3 is 5.73 Å². The molecule has 0 aromatic heterocycles. The lowest BCUT2D eigenvalue weighted by Gasteiger charge is -2.51. The second kappa shape index (κ2) is 6.82. The first-order chi connectivity index (χ1) is 9.05. The molecule has 2 aliphatic rings. The Bertz CT molecular complexity index is 282. The molecule has 112 valence electrons. The van der Waals surface area contributed by atoms with Gasteiger partial charge in [0.25, 0.3) is 0 Å². The predicted octanol–water partition coefficient (Wildman–Crippen LogP) is 3.36. The quantitative estimate of drug-likeness (QED) is 0.858. The monoisotopic (exact) mass is 284 g/mol. The van der Waals surface area contributed by atoms with Crippen LogP contribution in [0, 0.1) is 11.8 Å². The molecule has 3 heteroatoms. The Morgan fingerprint density at radius 2 is 2.21 bits per heavy atom. The second-order valence-corrected chi connectivity index (χ2v) is 8.69. The standard InChI is InChI=1S/C16H32N2S/c1-13(2)9-15-5-4-6-16(10-15,12-17)18-7-8-19-14(3)11-18/h13-15H,4-12,17H2,1-3H3. The molecule has 2 nitrogen and oxygen atoms in total. The van der Waals surface area contributed by atoms with Gasteiger partial charge in [0, 0.05) is 36.2 Å². The molecule has 0 spiro atoms. The molecule has 1 saturated heterocycles. The van der Waals surface area contributed by atoms with Crippen molar-refractivity contribution in [2.24, 2.45) is 17.6 Å². The van der Waals surface area contributed by atoms with E-state index in [9.17, 15) is 0 Å². The molecule has 3 atom stereocenters. The molecule has 0 aromatic rings. The zero-order valence-electron chi connectivity index (χ0n) is 13.0. The lowest BCUT2D eigenvalue weighted by Crippen LogP contribution is -2.59. The Balaban J connectivity index is 2.03. The highest BCUT2D eigenvalue weighted by Gasteiger charge is 2.41. The van der Waals surface area contributed by atoms with Crippen LogP contribution in [0.5, 0.6) is 0 Å². The third-order valence-electron chi connectivity index (χ3n) is 5.02. The van der Waals surface area contributed by atoms with Crippen molar-refractivity contribution < 1.29 is 0 Å². The van der Waals surface area contributed by atoms with E-state index in [1.807, 2.05) is 0 Å². The average molecular weight is 285 g/mol. The smallest absolute Gasteiger partial charge is 0.0335 e. The van der Waals surface area contributed by atoms with E-state index in [4.69, 9.17) is 5.73 Å². The van der Waals surface area contributed by atoms with Crippen molar-refractivity contribution in [3.05, 3.63) is 0 Å². The summed E-state index contributed by atoms with van der Waals surface area (Å²) in [6.45, 7) is 10.4. The van der Waals surface area contributed by atoms with Gasteiger partial charge in [0.2, 0.25) is 0 Å². The molecule has 0 bridgehead atoms. The van der Waals surface area contributed by atoms with Crippen molar-refractivity contribution in [2.45, 2.75) is 63.7 Å². The van der Waals surface area contributed by atoms with Crippen LogP contribution in [0.25, 0.3) is 0 Å². The van der Waals surface area contributed by atoms with Gasteiger partial charge in [-0.05, 0) is 31.1 Å². The minimum Gasteiger partial charge on any atom is -0.329 e. The van der Waals surface area contributed by atoms with Crippen molar-refractivity contribution in [3.8, 4) is 0 Å². The summed E-state index contributed by atoms with van der Waals surface area (Å²) in [4.78, 5) is 2.75. The second-order valence-electron chi connectivity index (χ2n) is 7.15. The summed E-state index contributed by atoms with van der Waals surface area (Å²) >= 11 is 2.12. The van der Waals surface area contributed by atoms with Gasteiger partial charge in [-0.1, -0.05) is 33.6 Å². The Hall–Kier alpha value is 0.270. The number of nitrogens with zero attached hydrogens (tertiary/aromatic N) is 1. The molecule has 2 N–H and O–H groups in total. The van der Waals surface area contributed by atoms with Crippen LogP contribution in [0.2, 0.25) is 0 Å². The Labute approximate surface area is 123 Å². The zero-order valence-corrected chi connectivity index (χ0v) is 13.8. The summed E-state index contributed by atoms with van der Waals surface area (Å²) in [7, 11) is 0. The third kappa shape index (κ3) is 3.89. The van der Waals surface area contributed by atoms with Crippen LogP contribution in [0.3, 0.4) is 0 Å². The fourth-order valence-electron chi connectivity index (χ4n) is 4.18. The maximum Gasteiger partial charge on any atom is 0.0335 e. The molecule has 1 aliphatic carbocycles. The van der Waals surface area contributed by atoms with Gasteiger partial charge in [0.15, 0.2) is 0 Å². The number of thioether (sulfide) groups is 1. The van der Waals surface area contributed by atoms with Gasteiger partial charge in [0.05, 0.1) is 0 Å².